The summed E-state index contributed by atoms with van der Waals surface area (Å²) in [5, 5.41) is 1.06. The van der Waals surface area contributed by atoms with Crippen LogP contribution in [0.4, 0.5) is 5.13 Å². The van der Waals surface area contributed by atoms with E-state index in [-0.39, 0.29) is 0 Å². The molecule has 0 amide bonds. The summed E-state index contributed by atoms with van der Waals surface area (Å²) in [6.45, 7) is 2.32. The number of anilines is 1. The van der Waals surface area contributed by atoms with E-state index < -0.39 is 10.0 Å². The summed E-state index contributed by atoms with van der Waals surface area (Å²) in [6.07, 6.45) is 1.93. The number of benzene rings is 2. The molecule has 136 valence electrons. The first-order valence-electron chi connectivity index (χ1n) is 8.77. The van der Waals surface area contributed by atoms with Gasteiger partial charge >= 0.3 is 0 Å². The summed E-state index contributed by atoms with van der Waals surface area (Å²) in [6, 6.07) is 16.7. The fourth-order valence-electron chi connectivity index (χ4n) is 3.23. The Morgan fingerprint density at radius 1 is 1.04 bits per heavy atom. The Morgan fingerprint density at radius 3 is 2.46 bits per heavy atom. The van der Waals surface area contributed by atoms with Crippen molar-refractivity contribution >= 4 is 36.7 Å². The summed E-state index contributed by atoms with van der Waals surface area (Å²) in [5.41, 5.74) is 1.05. The molecule has 1 aromatic heterocycles. The number of piperidine rings is 1. The molecule has 5 nitrogen and oxygen atoms in total. The minimum atomic E-state index is -3.42. The Morgan fingerprint density at radius 2 is 1.73 bits per heavy atom. The van der Waals surface area contributed by atoms with Gasteiger partial charge in [0.15, 0.2) is 5.13 Å². The average molecular weight is 388 g/mol. The number of hydrogen-bond acceptors (Lipinski definition) is 5. The van der Waals surface area contributed by atoms with Gasteiger partial charge in [0.2, 0.25) is 10.0 Å². The molecule has 3 aromatic rings. The number of thiazole rings is 1. The molecule has 1 aliphatic heterocycles. The number of nitrogens with zero attached hydrogens (tertiary/aromatic N) is 2. The van der Waals surface area contributed by atoms with Gasteiger partial charge in [-0.1, -0.05) is 41.7 Å². The Labute approximate surface area is 157 Å². The summed E-state index contributed by atoms with van der Waals surface area (Å²) < 4.78 is 28.6. The van der Waals surface area contributed by atoms with Crippen molar-refractivity contribution in [3.63, 3.8) is 0 Å². The monoisotopic (exact) mass is 387 g/mol. The fourth-order valence-corrected chi connectivity index (χ4v) is 5.39. The van der Waals surface area contributed by atoms with Crippen LogP contribution >= 0.6 is 11.3 Å². The Bertz CT molecular complexity index is 945. The quantitative estimate of drug-likeness (QED) is 0.728. The molecule has 0 bridgehead atoms. The minimum Gasteiger partial charge on any atom is -0.348 e. The Hall–Kier alpha value is -1.96. The van der Waals surface area contributed by atoms with Crippen molar-refractivity contribution in [3.05, 3.63) is 54.6 Å². The van der Waals surface area contributed by atoms with E-state index in [4.69, 9.17) is 4.98 Å². The summed E-state index contributed by atoms with van der Waals surface area (Å²) in [4.78, 5) is 7.36. The predicted octanol–water partition coefficient (Wildman–Crippen LogP) is 3.49. The zero-order chi connectivity index (χ0) is 18.0. The van der Waals surface area contributed by atoms with Gasteiger partial charge in [0.25, 0.3) is 0 Å². The molecule has 7 heteroatoms. The van der Waals surface area contributed by atoms with E-state index in [1.807, 2.05) is 24.3 Å². The van der Waals surface area contributed by atoms with E-state index in [9.17, 15) is 8.42 Å². The maximum Gasteiger partial charge on any atom is 0.240 e. The van der Waals surface area contributed by atoms with Gasteiger partial charge in [0, 0.05) is 19.6 Å². The minimum absolute atomic E-state index is 0.326. The number of hydrogen-bond donors (Lipinski definition) is 1. The summed E-state index contributed by atoms with van der Waals surface area (Å²) >= 11 is 1.72. The molecular weight excluding hydrogens is 366 g/mol. The SMILES string of the molecule is O=S(=O)(NCC1CCN(c2nc3ccccc3s2)CC1)c1ccccc1. The number of para-hydroxylation sites is 1. The molecule has 2 aromatic carbocycles. The first-order valence-corrected chi connectivity index (χ1v) is 11.1. The van der Waals surface area contributed by atoms with E-state index in [0.29, 0.717) is 17.4 Å². The molecule has 26 heavy (non-hydrogen) atoms. The van der Waals surface area contributed by atoms with E-state index in [0.717, 1.165) is 36.6 Å². The van der Waals surface area contributed by atoms with Crippen LogP contribution < -0.4 is 9.62 Å². The molecule has 0 unspecified atom stereocenters. The zero-order valence-electron chi connectivity index (χ0n) is 14.3. The van der Waals surface area contributed by atoms with Crippen molar-refractivity contribution in [1.29, 1.82) is 0 Å². The summed E-state index contributed by atoms with van der Waals surface area (Å²) in [5.74, 6) is 0.360. The third-order valence-corrected chi connectivity index (χ3v) is 7.32. The standard InChI is InChI=1S/C19H21N3O2S2/c23-26(24,16-6-2-1-3-7-16)20-14-15-10-12-22(13-11-15)19-21-17-8-4-5-9-18(17)25-19/h1-9,15,20H,10-14H2. The molecule has 1 aliphatic rings. The van der Waals surface area contributed by atoms with Gasteiger partial charge in [-0.3, -0.25) is 0 Å². The molecule has 0 spiro atoms. The number of sulfonamides is 1. The lowest BCUT2D eigenvalue weighted by atomic mass is 9.97. The predicted molar refractivity (Wildman–Crippen MR) is 106 cm³/mol. The van der Waals surface area contributed by atoms with Crippen LogP contribution in [0.5, 0.6) is 0 Å². The van der Waals surface area contributed by atoms with Gasteiger partial charge < -0.3 is 4.90 Å². The second-order valence-corrected chi connectivity index (χ2v) is 9.34. The van der Waals surface area contributed by atoms with Gasteiger partial charge in [-0.05, 0) is 43.0 Å². The van der Waals surface area contributed by atoms with Crippen LogP contribution in [0.25, 0.3) is 10.2 Å². The van der Waals surface area contributed by atoms with E-state index >= 15 is 0 Å². The fraction of sp³-hybridized carbons (Fsp3) is 0.316. The number of aromatic nitrogens is 1. The van der Waals surface area contributed by atoms with Crippen LogP contribution in [0, 0.1) is 5.92 Å². The van der Waals surface area contributed by atoms with Crippen molar-refractivity contribution in [2.75, 3.05) is 24.5 Å². The van der Waals surface area contributed by atoms with Crippen molar-refractivity contribution in [2.45, 2.75) is 17.7 Å². The smallest absolute Gasteiger partial charge is 0.240 e. The Balaban J connectivity index is 1.34. The number of rotatable bonds is 5. The second-order valence-electron chi connectivity index (χ2n) is 6.56. The van der Waals surface area contributed by atoms with Crippen LogP contribution in [-0.4, -0.2) is 33.0 Å². The maximum atomic E-state index is 12.3. The number of fused-ring (bicyclic) bond motifs is 1. The van der Waals surface area contributed by atoms with Gasteiger partial charge in [-0.15, -0.1) is 0 Å². The molecular formula is C19H21N3O2S2. The van der Waals surface area contributed by atoms with Crippen molar-refractivity contribution in [1.82, 2.24) is 9.71 Å². The normalized spacial score (nSPS) is 16.2. The molecule has 0 radical (unpaired) electrons. The Kier molecular flexibility index (Phi) is 4.93. The lowest BCUT2D eigenvalue weighted by molar-refractivity contribution is 0.402. The summed E-state index contributed by atoms with van der Waals surface area (Å²) in [7, 11) is -3.42. The first-order chi connectivity index (χ1) is 12.6. The third kappa shape index (κ3) is 3.75. The highest BCUT2D eigenvalue weighted by molar-refractivity contribution is 7.89. The average Bonchev–Trinajstić information content (AvgIpc) is 3.12. The number of nitrogens with one attached hydrogen (secondary N) is 1. The van der Waals surface area contributed by atoms with Crippen LogP contribution in [-0.2, 0) is 10.0 Å². The molecule has 0 saturated carbocycles. The van der Waals surface area contributed by atoms with Gasteiger partial charge in [0.05, 0.1) is 15.1 Å². The molecule has 1 saturated heterocycles. The lowest BCUT2D eigenvalue weighted by Gasteiger charge is -2.31. The maximum absolute atomic E-state index is 12.3. The molecule has 4 rings (SSSR count). The van der Waals surface area contributed by atoms with Gasteiger partial charge in [-0.25, -0.2) is 18.1 Å². The van der Waals surface area contributed by atoms with Crippen LogP contribution in [0.15, 0.2) is 59.5 Å². The van der Waals surface area contributed by atoms with Gasteiger partial charge in [0.1, 0.15) is 0 Å². The zero-order valence-corrected chi connectivity index (χ0v) is 16.0. The molecule has 0 aliphatic carbocycles. The van der Waals surface area contributed by atoms with E-state index in [1.54, 1.807) is 35.6 Å². The van der Waals surface area contributed by atoms with Crippen LogP contribution in [0.1, 0.15) is 12.8 Å². The largest absolute Gasteiger partial charge is 0.348 e. The lowest BCUT2D eigenvalue weighted by Crippen LogP contribution is -2.38. The van der Waals surface area contributed by atoms with Crippen LogP contribution in [0.3, 0.4) is 0 Å². The molecule has 0 atom stereocenters. The van der Waals surface area contributed by atoms with Crippen molar-refractivity contribution in [3.8, 4) is 0 Å². The highest BCUT2D eigenvalue weighted by Gasteiger charge is 2.23. The topological polar surface area (TPSA) is 62.3 Å². The van der Waals surface area contributed by atoms with Gasteiger partial charge in [-0.2, -0.15) is 0 Å². The van der Waals surface area contributed by atoms with Crippen molar-refractivity contribution in [2.24, 2.45) is 5.92 Å². The van der Waals surface area contributed by atoms with Crippen LogP contribution in [0.2, 0.25) is 0 Å². The molecule has 1 fully saturated rings. The first kappa shape index (κ1) is 17.5. The molecule has 2 heterocycles. The van der Waals surface area contributed by atoms with Crippen molar-refractivity contribution < 1.29 is 8.42 Å². The third-order valence-electron chi connectivity index (χ3n) is 4.78. The highest BCUT2D eigenvalue weighted by atomic mass is 32.2. The van der Waals surface area contributed by atoms with E-state index in [2.05, 4.69) is 15.7 Å². The molecule has 1 N–H and O–H groups in total. The highest BCUT2D eigenvalue weighted by Crippen LogP contribution is 2.31. The van der Waals surface area contributed by atoms with E-state index in [1.165, 1.54) is 4.70 Å². The second kappa shape index (κ2) is 7.34.